The average molecular weight is 278 g/mol. The van der Waals surface area contributed by atoms with Gasteiger partial charge in [-0.15, -0.1) is 0 Å². The smallest absolute Gasteiger partial charge is 0.223 e. The largest absolute Gasteiger partial charge is 0.493 e. The van der Waals surface area contributed by atoms with Gasteiger partial charge in [0.25, 0.3) is 0 Å². The van der Waals surface area contributed by atoms with Crippen LogP contribution in [0.2, 0.25) is 0 Å². The lowest BCUT2D eigenvalue weighted by Crippen LogP contribution is -2.29. The molecule has 20 heavy (non-hydrogen) atoms. The molecule has 0 saturated heterocycles. The van der Waals surface area contributed by atoms with Gasteiger partial charge in [0.15, 0.2) is 0 Å². The number of hydrogen-bond acceptors (Lipinski definition) is 3. The van der Waals surface area contributed by atoms with E-state index in [2.05, 4.69) is 31.3 Å². The van der Waals surface area contributed by atoms with Crippen molar-refractivity contribution in [1.82, 2.24) is 5.32 Å². The van der Waals surface area contributed by atoms with Crippen molar-refractivity contribution in [3.05, 3.63) is 29.8 Å². The van der Waals surface area contributed by atoms with Gasteiger partial charge in [-0.25, -0.2) is 0 Å². The number of carbonyl (C=O) groups is 1. The summed E-state index contributed by atoms with van der Waals surface area (Å²) in [6.07, 6.45) is 1.16. The summed E-state index contributed by atoms with van der Waals surface area (Å²) in [7, 11) is 0. The summed E-state index contributed by atoms with van der Waals surface area (Å²) in [5, 5.41) is 2.83. The van der Waals surface area contributed by atoms with Gasteiger partial charge in [0.05, 0.1) is 13.0 Å². The Morgan fingerprint density at radius 3 is 2.45 bits per heavy atom. The van der Waals surface area contributed by atoms with Crippen LogP contribution in [0.3, 0.4) is 0 Å². The van der Waals surface area contributed by atoms with E-state index in [1.54, 1.807) is 0 Å². The number of hydrogen-bond donors (Lipinski definition) is 2. The van der Waals surface area contributed by atoms with Crippen LogP contribution in [0.25, 0.3) is 0 Å². The van der Waals surface area contributed by atoms with Crippen molar-refractivity contribution in [2.75, 3.05) is 13.2 Å². The third-order valence-electron chi connectivity index (χ3n) is 3.07. The van der Waals surface area contributed by atoms with E-state index in [4.69, 9.17) is 10.5 Å². The first-order valence-corrected chi connectivity index (χ1v) is 7.24. The van der Waals surface area contributed by atoms with Crippen LogP contribution in [0.15, 0.2) is 24.3 Å². The standard InChI is InChI=1S/C16H26N2O2/c1-12(2)14-4-6-15(7-5-14)20-11-9-16(19)18-10-8-13(3)17/h4-7,12-13H,8-11,17H2,1-3H3,(H,18,19). The van der Waals surface area contributed by atoms with E-state index < -0.39 is 0 Å². The fourth-order valence-electron chi connectivity index (χ4n) is 1.74. The summed E-state index contributed by atoms with van der Waals surface area (Å²) < 4.78 is 5.55. The number of benzene rings is 1. The molecule has 0 bridgehead atoms. The molecule has 0 aliphatic carbocycles. The first-order chi connectivity index (χ1) is 9.49. The summed E-state index contributed by atoms with van der Waals surface area (Å²) in [6, 6.07) is 8.13. The van der Waals surface area contributed by atoms with Crippen LogP contribution in [-0.2, 0) is 4.79 Å². The molecule has 1 atom stereocenters. The van der Waals surface area contributed by atoms with Crippen LogP contribution < -0.4 is 15.8 Å². The molecule has 0 heterocycles. The van der Waals surface area contributed by atoms with Crippen LogP contribution in [0.1, 0.15) is 45.1 Å². The molecule has 1 rings (SSSR count). The van der Waals surface area contributed by atoms with Gasteiger partial charge in [0, 0.05) is 12.6 Å². The number of rotatable bonds is 8. The zero-order valence-electron chi connectivity index (χ0n) is 12.7. The summed E-state index contributed by atoms with van der Waals surface area (Å²) in [5.74, 6) is 1.32. The van der Waals surface area contributed by atoms with Crippen LogP contribution >= 0.6 is 0 Å². The monoisotopic (exact) mass is 278 g/mol. The Morgan fingerprint density at radius 2 is 1.90 bits per heavy atom. The topological polar surface area (TPSA) is 64.3 Å². The Kier molecular flexibility index (Phi) is 7.09. The second kappa shape index (κ2) is 8.59. The first-order valence-electron chi connectivity index (χ1n) is 7.24. The van der Waals surface area contributed by atoms with Crippen molar-refractivity contribution in [2.24, 2.45) is 5.73 Å². The molecule has 0 fully saturated rings. The van der Waals surface area contributed by atoms with Gasteiger partial charge in [0.2, 0.25) is 5.91 Å². The van der Waals surface area contributed by atoms with Crippen molar-refractivity contribution < 1.29 is 9.53 Å². The van der Waals surface area contributed by atoms with Gasteiger partial charge < -0.3 is 15.8 Å². The van der Waals surface area contributed by atoms with Crippen molar-refractivity contribution in [2.45, 2.75) is 45.6 Å². The molecule has 4 nitrogen and oxygen atoms in total. The average Bonchev–Trinajstić information content (AvgIpc) is 2.39. The Balaban J connectivity index is 2.21. The summed E-state index contributed by atoms with van der Waals surface area (Å²) in [5.41, 5.74) is 6.90. The minimum atomic E-state index is 0.00412. The Hall–Kier alpha value is -1.55. The van der Waals surface area contributed by atoms with E-state index in [0.29, 0.717) is 25.5 Å². The molecule has 1 aromatic carbocycles. The number of carbonyl (C=O) groups excluding carboxylic acids is 1. The Bertz CT molecular complexity index is 399. The van der Waals surface area contributed by atoms with Crippen molar-refractivity contribution in [3.8, 4) is 5.75 Å². The van der Waals surface area contributed by atoms with Crippen molar-refractivity contribution >= 4 is 5.91 Å². The third kappa shape index (κ3) is 6.57. The molecule has 0 saturated carbocycles. The predicted octanol–water partition coefficient (Wildman–Crippen LogP) is 2.43. The molecule has 0 aromatic heterocycles. The number of nitrogens with one attached hydrogen (secondary N) is 1. The van der Waals surface area contributed by atoms with Gasteiger partial charge in [-0.05, 0) is 37.0 Å². The summed E-state index contributed by atoms with van der Waals surface area (Å²) in [6.45, 7) is 7.26. The second-order valence-corrected chi connectivity index (χ2v) is 5.44. The fourth-order valence-corrected chi connectivity index (χ4v) is 1.74. The molecular weight excluding hydrogens is 252 g/mol. The van der Waals surface area contributed by atoms with Crippen LogP contribution in [0, 0.1) is 0 Å². The fraction of sp³-hybridized carbons (Fsp3) is 0.562. The van der Waals surface area contributed by atoms with E-state index >= 15 is 0 Å². The number of amides is 1. The molecule has 0 radical (unpaired) electrons. The van der Waals surface area contributed by atoms with Gasteiger partial charge in [0.1, 0.15) is 5.75 Å². The minimum absolute atomic E-state index is 0.00412. The predicted molar refractivity (Wildman–Crippen MR) is 81.9 cm³/mol. The van der Waals surface area contributed by atoms with E-state index in [1.807, 2.05) is 19.1 Å². The maximum absolute atomic E-state index is 11.5. The quantitative estimate of drug-likeness (QED) is 0.767. The van der Waals surface area contributed by atoms with Crippen LogP contribution in [-0.4, -0.2) is 25.1 Å². The lowest BCUT2D eigenvalue weighted by Gasteiger charge is -2.10. The highest BCUT2D eigenvalue weighted by molar-refractivity contribution is 5.75. The molecule has 0 aliphatic rings. The lowest BCUT2D eigenvalue weighted by atomic mass is 10.0. The zero-order chi connectivity index (χ0) is 15.0. The third-order valence-corrected chi connectivity index (χ3v) is 3.07. The molecule has 0 spiro atoms. The van der Waals surface area contributed by atoms with Crippen molar-refractivity contribution in [3.63, 3.8) is 0 Å². The molecule has 0 aliphatic heterocycles. The number of nitrogens with two attached hydrogens (primary N) is 1. The SMILES string of the molecule is CC(N)CCNC(=O)CCOc1ccc(C(C)C)cc1. The lowest BCUT2D eigenvalue weighted by molar-refractivity contribution is -0.121. The van der Waals surface area contributed by atoms with Crippen LogP contribution in [0.5, 0.6) is 5.75 Å². The van der Waals surface area contributed by atoms with E-state index in [9.17, 15) is 4.79 Å². The Morgan fingerprint density at radius 1 is 1.25 bits per heavy atom. The van der Waals surface area contributed by atoms with Crippen molar-refractivity contribution in [1.29, 1.82) is 0 Å². The van der Waals surface area contributed by atoms with Gasteiger partial charge in [-0.1, -0.05) is 26.0 Å². The number of ether oxygens (including phenoxy) is 1. The molecule has 112 valence electrons. The highest BCUT2D eigenvalue weighted by Gasteiger charge is 2.03. The first kappa shape index (κ1) is 16.5. The van der Waals surface area contributed by atoms with E-state index in [-0.39, 0.29) is 11.9 Å². The normalized spacial score (nSPS) is 12.2. The molecule has 1 amide bonds. The second-order valence-electron chi connectivity index (χ2n) is 5.44. The molecule has 1 unspecified atom stereocenters. The summed E-state index contributed by atoms with van der Waals surface area (Å²) >= 11 is 0. The van der Waals surface area contributed by atoms with Gasteiger partial charge >= 0.3 is 0 Å². The van der Waals surface area contributed by atoms with E-state index in [1.165, 1.54) is 5.56 Å². The highest BCUT2D eigenvalue weighted by Crippen LogP contribution is 2.18. The van der Waals surface area contributed by atoms with E-state index in [0.717, 1.165) is 12.2 Å². The van der Waals surface area contributed by atoms with Gasteiger partial charge in [-0.3, -0.25) is 4.79 Å². The molecule has 1 aromatic rings. The van der Waals surface area contributed by atoms with Crippen LogP contribution in [0.4, 0.5) is 0 Å². The molecule has 3 N–H and O–H groups in total. The highest BCUT2D eigenvalue weighted by atomic mass is 16.5. The minimum Gasteiger partial charge on any atom is -0.493 e. The Labute approximate surface area is 121 Å². The maximum Gasteiger partial charge on any atom is 0.223 e. The molecular formula is C16H26N2O2. The zero-order valence-corrected chi connectivity index (χ0v) is 12.7. The van der Waals surface area contributed by atoms with Gasteiger partial charge in [-0.2, -0.15) is 0 Å². The maximum atomic E-state index is 11.5. The summed E-state index contributed by atoms with van der Waals surface area (Å²) in [4.78, 5) is 11.5. The molecule has 4 heteroatoms.